The Hall–Kier alpha value is -2.33. The zero-order chi connectivity index (χ0) is 17.5. The Morgan fingerprint density at radius 3 is 2.23 bits per heavy atom. The molecule has 1 aliphatic carbocycles. The van der Waals surface area contributed by atoms with Crippen LogP contribution in [0, 0.1) is 0 Å². The second-order valence-corrected chi connectivity index (χ2v) is 6.45. The third-order valence-corrected chi connectivity index (χ3v) is 4.53. The van der Waals surface area contributed by atoms with Crippen LogP contribution >= 0.6 is 12.4 Å². The zero-order valence-electron chi connectivity index (χ0n) is 14.8. The van der Waals surface area contributed by atoms with Crippen molar-refractivity contribution in [1.82, 2.24) is 0 Å². The lowest BCUT2D eigenvalue weighted by Gasteiger charge is -2.18. The molecule has 1 aliphatic rings. The van der Waals surface area contributed by atoms with Gasteiger partial charge in [0.1, 0.15) is 12.4 Å². The number of benzene rings is 2. The molecule has 3 rings (SSSR count). The van der Waals surface area contributed by atoms with Gasteiger partial charge in [0.25, 0.3) is 0 Å². The number of rotatable bonds is 5. The first kappa shape index (κ1) is 20.0. The number of esters is 1. The van der Waals surface area contributed by atoms with E-state index < -0.39 is 0 Å². The van der Waals surface area contributed by atoms with Gasteiger partial charge in [0.05, 0.1) is 11.6 Å². The van der Waals surface area contributed by atoms with Gasteiger partial charge < -0.3 is 10.5 Å². The number of aliphatic imine (C=N–C) groups is 1. The number of carbonyl (C=O) groups excluding carboxylic acids is 1. The Labute approximate surface area is 160 Å². The van der Waals surface area contributed by atoms with Crippen molar-refractivity contribution in [3.63, 3.8) is 0 Å². The molecule has 0 radical (unpaired) electrons. The lowest BCUT2D eigenvalue weighted by molar-refractivity contribution is 0.0472. The monoisotopic (exact) mass is 372 g/mol. The quantitative estimate of drug-likeness (QED) is 0.477. The van der Waals surface area contributed by atoms with Gasteiger partial charge in [-0.25, -0.2) is 4.79 Å². The normalized spacial score (nSPS) is 15.2. The van der Waals surface area contributed by atoms with Gasteiger partial charge in [-0.1, -0.05) is 61.7 Å². The molecule has 26 heavy (non-hydrogen) atoms. The first-order valence-electron chi connectivity index (χ1n) is 8.87. The van der Waals surface area contributed by atoms with Crippen molar-refractivity contribution in [3.8, 4) is 0 Å². The van der Waals surface area contributed by atoms with E-state index in [-0.39, 0.29) is 25.0 Å². The van der Waals surface area contributed by atoms with Crippen LogP contribution in [0.5, 0.6) is 0 Å². The van der Waals surface area contributed by atoms with E-state index in [9.17, 15) is 4.79 Å². The van der Waals surface area contributed by atoms with Gasteiger partial charge in [-0.2, -0.15) is 0 Å². The SMILES string of the molecule is Cl.NC(=NC1CCCCC1)c1ccc(C(=O)OCc2ccccc2)cc1. The number of carbonyl (C=O) groups is 1. The maximum absolute atomic E-state index is 12.1. The molecule has 2 aromatic rings. The summed E-state index contributed by atoms with van der Waals surface area (Å²) in [6.45, 7) is 0.271. The van der Waals surface area contributed by atoms with Crippen molar-refractivity contribution in [2.45, 2.75) is 44.8 Å². The minimum Gasteiger partial charge on any atom is -0.457 e. The lowest BCUT2D eigenvalue weighted by Crippen LogP contribution is -2.19. The van der Waals surface area contributed by atoms with Gasteiger partial charge in [-0.3, -0.25) is 4.99 Å². The van der Waals surface area contributed by atoms with Crippen molar-refractivity contribution in [3.05, 3.63) is 71.3 Å². The summed E-state index contributed by atoms with van der Waals surface area (Å²) in [6.07, 6.45) is 5.99. The highest BCUT2D eigenvalue weighted by Gasteiger charge is 2.13. The van der Waals surface area contributed by atoms with Gasteiger partial charge in [0.2, 0.25) is 0 Å². The average Bonchev–Trinajstić information content (AvgIpc) is 2.68. The maximum atomic E-state index is 12.1. The summed E-state index contributed by atoms with van der Waals surface area (Å²) in [7, 11) is 0. The van der Waals surface area contributed by atoms with E-state index in [2.05, 4.69) is 4.99 Å². The molecule has 0 aliphatic heterocycles. The fourth-order valence-corrected chi connectivity index (χ4v) is 3.06. The topological polar surface area (TPSA) is 64.7 Å². The molecule has 2 aromatic carbocycles. The van der Waals surface area contributed by atoms with E-state index in [0.717, 1.165) is 24.0 Å². The third-order valence-electron chi connectivity index (χ3n) is 4.53. The number of hydrogen-bond donors (Lipinski definition) is 1. The predicted molar refractivity (Wildman–Crippen MR) is 107 cm³/mol. The molecule has 0 unspecified atom stereocenters. The molecule has 1 saturated carbocycles. The number of amidine groups is 1. The predicted octanol–water partition coefficient (Wildman–Crippen LogP) is 4.50. The highest BCUT2D eigenvalue weighted by Crippen LogP contribution is 2.20. The van der Waals surface area contributed by atoms with E-state index in [0.29, 0.717) is 17.4 Å². The second kappa shape index (κ2) is 9.97. The molecule has 0 atom stereocenters. The van der Waals surface area contributed by atoms with Crippen LogP contribution in [0.2, 0.25) is 0 Å². The summed E-state index contributed by atoms with van der Waals surface area (Å²) in [5.41, 5.74) is 8.46. The van der Waals surface area contributed by atoms with Gasteiger partial charge in [-0.05, 0) is 30.5 Å². The van der Waals surface area contributed by atoms with Crippen LogP contribution in [0.25, 0.3) is 0 Å². The summed E-state index contributed by atoms with van der Waals surface area (Å²) in [5.74, 6) is 0.217. The molecular formula is C21H25ClN2O2. The molecule has 0 amide bonds. The highest BCUT2D eigenvalue weighted by molar-refractivity contribution is 5.98. The first-order chi connectivity index (χ1) is 12.2. The molecule has 1 fully saturated rings. The van der Waals surface area contributed by atoms with Crippen molar-refractivity contribution in [2.75, 3.05) is 0 Å². The smallest absolute Gasteiger partial charge is 0.338 e. The van der Waals surface area contributed by atoms with Crippen molar-refractivity contribution >= 4 is 24.2 Å². The highest BCUT2D eigenvalue weighted by atomic mass is 35.5. The minimum absolute atomic E-state index is 0. The van der Waals surface area contributed by atoms with Crippen molar-refractivity contribution < 1.29 is 9.53 Å². The van der Waals surface area contributed by atoms with Crippen LogP contribution in [-0.4, -0.2) is 17.8 Å². The van der Waals surface area contributed by atoms with Crippen LogP contribution in [0.15, 0.2) is 59.6 Å². The first-order valence-corrected chi connectivity index (χ1v) is 8.87. The minimum atomic E-state index is -0.335. The Morgan fingerprint density at radius 1 is 0.962 bits per heavy atom. The van der Waals surface area contributed by atoms with E-state index in [4.69, 9.17) is 10.5 Å². The Morgan fingerprint density at radius 2 is 1.58 bits per heavy atom. The summed E-state index contributed by atoms with van der Waals surface area (Å²) in [5, 5.41) is 0. The average molecular weight is 373 g/mol. The lowest BCUT2D eigenvalue weighted by atomic mass is 9.96. The van der Waals surface area contributed by atoms with Crippen molar-refractivity contribution in [2.24, 2.45) is 10.7 Å². The molecule has 0 bridgehead atoms. The van der Waals surface area contributed by atoms with E-state index in [1.165, 1.54) is 19.3 Å². The molecule has 138 valence electrons. The fourth-order valence-electron chi connectivity index (χ4n) is 3.06. The zero-order valence-corrected chi connectivity index (χ0v) is 15.6. The molecular weight excluding hydrogens is 348 g/mol. The number of nitrogens with zero attached hydrogens (tertiary/aromatic N) is 1. The molecule has 5 heteroatoms. The molecule has 0 saturated heterocycles. The molecule has 0 heterocycles. The fraction of sp³-hybridized carbons (Fsp3) is 0.333. The third kappa shape index (κ3) is 5.60. The number of ether oxygens (including phenoxy) is 1. The number of halogens is 1. The summed E-state index contributed by atoms with van der Waals surface area (Å²) < 4.78 is 5.34. The van der Waals surface area contributed by atoms with Gasteiger partial charge in [0, 0.05) is 5.56 Å². The van der Waals surface area contributed by atoms with Crippen LogP contribution in [0.1, 0.15) is 53.6 Å². The molecule has 0 aromatic heterocycles. The van der Waals surface area contributed by atoms with Crippen molar-refractivity contribution in [1.29, 1.82) is 0 Å². The standard InChI is InChI=1S/C21H24N2O2.ClH/c22-20(23-19-9-5-2-6-10-19)17-11-13-18(14-12-17)21(24)25-15-16-7-3-1-4-8-16;/h1,3-4,7-8,11-14,19H,2,5-6,9-10,15H2,(H2,22,23);1H. The maximum Gasteiger partial charge on any atom is 0.338 e. The summed E-state index contributed by atoms with van der Waals surface area (Å²) in [6, 6.07) is 17.1. The summed E-state index contributed by atoms with van der Waals surface area (Å²) in [4.78, 5) is 16.8. The van der Waals surface area contributed by atoms with E-state index in [1.54, 1.807) is 12.1 Å². The van der Waals surface area contributed by atoms with Gasteiger partial charge in [0.15, 0.2) is 0 Å². The largest absolute Gasteiger partial charge is 0.457 e. The van der Waals surface area contributed by atoms with Crippen LogP contribution in [-0.2, 0) is 11.3 Å². The molecule has 0 spiro atoms. The van der Waals surface area contributed by atoms with Crippen LogP contribution in [0.3, 0.4) is 0 Å². The number of hydrogen-bond acceptors (Lipinski definition) is 3. The second-order valence-electron chi connectivity index (χ2n) is 6.45. The Bertz CT molecular complexity index is 723. The summed E-state index contributed by atoms with van der Waals surface area (Å²) >= 11 is 0. The molecule has 2 N–H and O–H groups in total. The van der Waals surface area contributed by atoms with Gasteiger partial charge >= 0.3 is 5.97 Å². The molecule has 4 nitrogen and oxygen atoms in total. The Kier molecular flexibility index (Phi) is 7.67. The Balaban J connectivity index is 0.00000243. The van der Waals surface area contributed by atoms with Crippen LogP contribution in [0.4, 0.5) is 0 Å². The van der Waals surface area contributed by atoms with Crippen LogP contribution < -0.4 is 5.73 Å². The van der Waals surface area contributed by atoms with E-state index >= 15 is 0 Å². The van der Waals surface area contributed by atoms with Gasteiger partial charge in [-0.15, -0.1) is 12.4 Å². The van der Waals surface area contributed by atoms with E-state index in [1.807, 2.05) is 42.5 Å². The number of nitrogens with two attached hydrogens (primary N) is 1.